The number of amides is 1. The summed E-state index contributed by atoms with van der Waals surface area (Å²) in [6.07, 6.45) is 4.21. The van der Waals surface area contributed by atoms with Crippen LogP contribution in [0.5, 0.6) is 0 Å². The fourth-order valence-electron chi connectivity index (χ4n) is 2.83. The van der Waals surface area contributed by atoms with E-state index in [1.165, 1.54) is 6.07 Å². The average molecular weight is 276 g/mol. The molecule has 1 heterocycles. The first kappa shape index (κ1) is 13.6. The Balaban J connectivity index is 1.57. The van der Waals surface area contributed by atoms with Crippen LogP contribution in [0.1, 0.15) is 31.2 Å². The third-order valence-electron chi connectivity index (χ3n) is 4.15. The second-order valence-corrected chi connectivity index (χ2v) is 5.95. The molecule has 1 atom stereocenters. The Morgan fingerprint density at radius 1 is 1.30 bits per heavy atom. The van der Waals surface area contributed by atoms with Gasteiger partial charge in [0.25, 0.3) is 0 Å². The maximum absolute atomic E-state index is 13.7. The zero-order chi connectivity index (χ0) is 13.9. The van der Waals surface area contributed by atoms with Crippen molar-refractivity contribution < 1.29 is 9.18 Å². The second kappa shape index (κ2) is 5.92. The minimum absolute atomic E-state index is 0.0659. The highest BCUT2D eigenvalue weighted by atomic mass is 19.1. The van der Waals surface area contributed by atoms with E-state index < -0.39 is 0 Å². The van der Waals surface area contributed by atoms with Crippen LogP contribution in [0, 0.1) is 11.7 Å². The topological polar surface area (TPSA) is 32.3 Å². The molecule has 0 spiro atoms. The Hall–Kier alpha value is -1.42. The molecule has 1 aliphatic carbocycles. The Morgan fingerprint density at radius 3 is 2.85 bits per heavy atom. The van der Waals surface area contributed by atoms with Gasteiger partial charge < -0.3 is 5.32 Å². The molecule has 1 saturated heterocycles. The molecule has 1 aromatic carbocycles. The van der Waals surface area contributed by atoms with E-state index in [9.17, 15) is 9.18 Å². The summed E-state index contributed by atoms with van der Waals surface area (Å²) in [7, 11) is 0. The Morgan fingerprint density at radius 2 is 2.10 bits per heavy atom. The molecular formula is C16H21FN2O. The molecule has 0 bridgehead atoms. The number of rotatable bonds is 4. The number of nitrogens with zero attached hydrogens (tertiary/aromatic N) is 1. The molecule has 1 amide bonds. The molecule has 108 valence electrons. The van der Waals surface area contributed by atoms with Crippen LogP contribution in [0.15, 0.2) is 24.3 Å². The Kier molecular flexibility index (Phi) is 4.01. The minimum atomic E-state index is -0.156. The van der Waals surface area contributed by atoms with Crippen molar-refractivity contribution in [3.8, 4) is 0 Å². The molecule has 2 aliphatic rings. The van der Waals surface area contributed by atoms with Gasteiger partial charge in [0.2, 0.25) is 5.91 Å². The summed E-state index contributed by atoms with van der Waals surface area (Å²) in [4.78, 5) is 14.3. The summed E-state index contributed by atoms with van der Waals surface area (Å²) >= 11 is 0. The number of hydrogen-bond acceptors (Lipinski definition) is 2. The highest BCUT2D eigenvalue weighted by molar-refractivity contribution is 5.79. The summed E-state index contributed by atoms with van der Waals surface area (Å²) in [5, 5.41) is 3.08. The van der Waals surface area contributed by atoms with Gasteiger partial charge in [-0.3, -0.25) is 9.69 Å². The van der Waals surface area contributed by atoms with Gasteiger partial charge in [-0.1, -0.05) is 18.2 Å². The normalized spacial score (nSPS) is 23.6. The molecule has 0 radical (unpaired) electrons. The van der Waals surface area contributed by atoms with Gasteiger partial charge in [0.1, 0.15) is 5.82 Å². The lowest BCUT2D eigenvalue weighted by Gasteiger charge is -2.32. The maximum Gasteiger partial charge on any atom is 0.224 e. The molecule has 1 aliphatic heterocycles. The van der Waals surface area contributed by atoms with Gasteiger partial charge in [0.05, 0.1) is 5.92 Å². The van der Waals surface area contributed by atoms with Crippen molar-refractivity contribution in [3.63, 3.8) is 0 Å². The predicted molar refractivity (Wildman–Crippen MR) is 75.6 cm³/mol. The van der Waals surface area contributed by atoms with Crippen LogP contribution < -0.4 is 5.32 Å². The summed E-state index contributed by atoms with van der Waals surface area (Å²) in [6.45, 7) is 2.29. The molecule has 1 aromatic rings. The van der Waals surface area contributed by atoms with Crippen LogP contribution in [0.3, 0.4) is 0 Å². The molecule has 20 heavy (non-hydrogen) atoms. The van der Waals surface area contributed by atoms with Gasteiger partial charge in [-0.2, -0.15) is 0 Å². The average Bonchev–Trinajstić information content (AvgIpc) is 3.26. The molecule has 1 unspecified atom stereocenters. The van der Waals surface area contributed by atoms with Crippen LogP contribution in [0.4, 0.5) is 4.39 Å². The van der Waals surface area contributed by atoms with E-state index >= 15 is 0 Å². The molecule has 2 fully saturated rings. The van der Waals surface area contributed by atoms with E-state index in [2.05, 4.69) is 10.2 Å². The largest absolute Gasteiger partial charge is 0.353 e. The number of piperidine rings is 1. The summed E-state index contributed by atoms with van der Waals surface area (Å²) in [6, 6.07) is 7.31. The SMILES string of the molecule is O=C(NC1CC1)C1CCCN(Cc2ccccc2F)C1. The molecule has 3 rings (SSSR count). The lowest BCUT2D eigenvalue weighted by molar-refractivity contribution is -0.126. The molecule has 0 aromatic heterocycles. The van der Waals surface area contributed by atoms with E-state index in [-0.39, 0.29) is 17.6 Å². The highest BCUT2D eigenvalue weighted by Gasteiger charge is 2.30. The van der Waals surface area contributed by atoms with Crippen LogP contribution in [0.25, 0.3) is 0 Å². The molecule has 4 heteroatoms. The first-order chi connectivity index (χ1) is 9.72. The molecule has 1 saturated carbocycles. The van der Waals surface area contributed by atoms with Gasteiger partial charge in [-0.15, -0.1) is 0 Å². The summed E-state index contributed by atoms with van der Waals surface area (Å²) in [5.74, 6) is 0.0962. The number of benzene rings is 1. The third kappa shape index (κ3) is 3.37. The van der Waals surface area contributed by atoms with Crippen molar-refractivity contribution in [2.75, 3.05) is 13.1 Å². The van der Waals surface area contributed by atoms with E-state index in [1.807, 2.05) is 12.1 Å². The number of carbonyl (C=O) groups excluding carboxylic acids is 1. The third-order valence-corrected chi connectivity index (χ3v) is 4.15. The van der Waals surface area contributed by atoms with Crippen molar-refractivity contribution in [3.05, 3.63) is 35.6 Å². The number of carbonyl (C=O) groups is 1. The van der Waals surface area contributed by atoms with Crippen molar-refractivity contribution in [2.45, 2.75) is 38.3 Å². The van der Waals surface area contributed by atoms with Crippen molar-refractivity contribution >= 4 is 5.91 Å². The zero-order valence-electron chi connectivity index (χ0n) is 11.6. The van der Waals surface area contributed by atoms with Gasteiger partial charge in [-0.05, 0) is 38.3 Å². The Labute approximate surface area is 119 Å². The van der Waals surface area contributed by atoms with E-state index in [0.29, 0.717) is 12.6 Å². The smallest absolute Gasteiger partial charge is 0.224 e. The number of hydrogen-bond donors (Lipinski definition) is 1. The van der Waals surface area contributed by atoms with Crippen molar-refractivity contribution in [2.24, 2.45) is 5.92 Å². The fraction of sp³-hybridized carbons (Fsp3) is 0.562. The summed E-state index contributed by atoms with van der Waals surface area (Å²) in [5.41, 5.74) is 0.718. The van der Waals surface area contributed by atoms with E-state index in [1.54, 1.807) is 6.07 Å². The monoisotopic (exact) mass is 276 g/mol. The lowest BCUT2D eigenvalue weighted by atomic mass is 9.96. The minimum Gasteiger partial charge on any atom is -0.353 e. The first-order valence-electron chi connectivity index (χ1n) is 7.48. The standard InChI is InChI=1S/C16H21FN2O/c17-15-6-2-1-4-12(15)10-19-9-3-5-13(11-19)16(20)18-14-7-8-14/h1-2,4,6,13-14H,3,5,7-11H2,(H,18,20). The van der Waals surface area contributed by atoms with Crippen molar-refractivity contribution in [1.82, 2.24) is 10.2 Å². The number of nitrogens with one attached hydrogen (secondary N) is 1. The van der Waals surface area contributed by atoms with Gasteiger partial charge in [-0.25, -0.2) is 4.39 Å². The van der Waals surface area contributed by atoms with Crippen molar-refractivity contribution in [1.29, 1.82) is 0 Å². The van der Waals surface area contributed by atoms with E-state index in [4.69, 9.17) is 0 Å². The molecule has 1 N–H and O–H groups in total. The lowest BCUT2D eigenvalue weighted by Crippen LogP contribution is -2.43. The highest BCUT2D eigenvalue weighted by Crippen LogP contribution is 2.23. The van der Waals surface area contributed by atoms with E-state index in [0.717, 1.165) is 44.3 Å². The zero-order valence-corrected chi connectivity index (χ0v) is 11.6. The van der Waals surface area contributed by atoms with Gasteiger partial charge in [0, 0.05) is 24.7 Å². The molecule has 3 nitrogen and oxygen atoms in total. The Bertz CT molecular complexity index is 487. The van der Waals surface area contributed by atoms with Crippen LogP contribution >= 0.6 is 0 Å². The quantitative estimate of drug-likeness (QED) is 0.915. The number of likely N-dealkylation sites (tertiary alicyclic amines) is 1. The van der Waals surface area contributed by atoms with Gasteiger partial charge >= 0.3 is 0 Å². The second-order valence-electron chi connectivity index (χ2n) is 5.95. The fourth-order valence-corrected chi connectivity index (χ4v) is 2.83. The van der Waals surface area contributed by atoms with Crippen LogP contribution in [0.2, 0.25) is 0 Å². The summed E-state index contributed by atoms with van der Waals surface area (Å²) < 4.78 is 13.7. The van der Waals surface area contributed by atoms with Gasteiger partial charge in [0.15, 0.2) is 0 Å². The van der Waals surface area contributed by atoms with Crippen LogP contribution in [-0.2, 0) is 11.3 Å². The first-order valence-corrected chi connectivity index (χ1v) is 7.48. The predicted octanol–water partition coefficient (Wildman–Crippen LogP) is 2.32. The van der Waals surface area contributed by atoms with Crippen LogP contribution in [-0.4, -0.2) is 29.9 Å². The maximum atomic E-state index is 13.7. The number of halogens is 1. The molecular weight excluding hydrogens is 255 g/mol.